The Morgan fingerprint density at radius 1 is 1.18 bits per heavy atom. The van der Waals surface area contributed by atoms with Crippen LogP contribution in [0.25, 0.3) is 11.2 Å². The molecule has 1 unspecified atom stereocenters. The summed E-state index contributed by atoms with van der Waals surface area (Å²) in [6, 6.07) is 0.260. The maximum Gasteiger partial charge on any atom is 0.274 e. The second-order valence-electron chi connectivity index (χ2n) is 10.8. The summed E-state index contributed by atoms with van der Waals surface area (Å²) < 4.78 is 1.57. The number of H-pyrrole nitrogens is 1. The SMILES string of the molecule is CC(C)C(NC(=O)c1c[nH]c2ncc(C3CC3)nc12)C(=O)NCc1cc(=O)c(O)c2n1CCN(C(C)C)C2=O. The topological polar surface area (TPSA) is 162 Å². The molecule has 0 spiro atoms. The molecule has 0 aromatic carbocycles. The van der Waals surface area contributed by atoms with Crippen molar-refractivity contribution in [3.8, 4) is 5.75 Å². The molecule has 1 atom stereocenters. The van der Waals surface area contributed by atoms with Crippen LogP contribution in [0.1, 0.15) is 78.7 Å². The Morgan fingerprint density at radius 2 is 1.92 bits per heavy atom. The van der Waals surface area contributed by atoms with Gasteiger partial charge in [-0.1, -0.05) is 13.8 Å². The zero-order chi connectivity index (χ0) is 28.0. The highest BCUT2D eigenvalue weighted by Crippen LogP contribution is 2.39. The number of fused-ring (bicyclic) bond motifs is 2. The number of hydrogen-bond donors (Lipinski definition) is 4. The van der Waals surface area contributed by atoms with E-state index in [-0.39, 0.29) is 24.2 Å². The molecule has 3 aromatic rings. The van der Waals surface area contributed by atoms with E-state index in [2.05, 4.69) is 25.6 Å². The van der Waals surface area contributed by atoms with Crippen LogP contribution in [0.15, 0.2) is 23.3 Å². The highest BCUT2D eigenvalue weighted by molar-refractivity contribution is 6.06. The average molecular weight is 536 g/mol. The van der Waals surface area contributed by atoms with E-state index in [1.54, 1.807) is 21.9 Å². The van der Waals surface area contributed by atoms with Crippen molar-refractivity contribution in [1.29, 1.82) is 0 Å². The van der Waals surface area contributed by atoms with E-state index in [9.17, 15) is 24.3 Å². The van der Waals surface area contributed by atoms with E-state index in [0.717, 1.165) is 18.5 Å². The van der Waals surface area contributed by atoms with Crippen molar-refractivity contribution >= 4 is 28.9 Å². The first-order valence-electron chi connectivity index (χ1n) is 13.3. The second kappa shape index (κ2) is 10.2. The zero-order valence-corrected chi connectivity index (χ0v) is 22.4. The third kappa shape index (κ3) is 4.98. The Kier molecular flexibility index (Phi) is 6.87. The van der Waals surface area contributed by atoms with Gasteiger partial charge in [-0.3, -0.25) is 19.2 Å². The Bertz CT molecular complexity index is 1520. The predicted molar refractivity (Wildman–Crippen MR) is 142 cm³/mol. The number of carbonyl (C=O) groups is 3. The summed E-state index contributed by atoms with van der Waals surface area (Å²) >= 11 is 0. The van der Waals surface area contributed by atoms with Crippen LogP contribution in [-0.4, -0.2) is 65.9 Å². The molecular formula is C27H33N7O5. The van der Waals surface area contributed by atoms with Crippen LogP contribution < -0.4 is 16.1 Å². The number of nitrogens with zero attached hydrogens (tertiary/aromatic N) is 4. The highest BCUT2D eigenvalue weighted by Gasteiger charge is 2.32. The van der Waals surface area contributed by atoms with Crippen LogP contribution in [0.3, 0.4) is 0 Å². The lowest BCUT2D eigenvalue weighted by Crippen LogP contribution is -2.50. The Balaban J connectivity index is 1.33. The molecule has 12 heteroatoms. The Labute approximate surface area is 224 Å². The lowest BCUT2D eigenvalue weighted by Gasteiger charge is -2.34. The normalized spacial score (nSPS) is 16.1. The number of aromatic hydroxyl groups is 1. The molecule has 4 heterocycles. The maximum atomic E-state index is 13.2. The molecule has 0 bridgehead atoms. The number of carbonyl (C=O) groups excluding carboxylic acids is 3. The van der Waals surface area contributed by atoms with Gasteiger partial charge < -0.3 is 30.2 Å². The standard InChI is InChI=1S/C27H33N7O5/c1-13(2)20(32-25(37)17-11-28-24-21(17)31-18(12-29-24)15-5-6-15)26(38)30-10-16-9-19(35)23(36)22-27(39)33(14(3)4)7-8-34(16)22/h9,11-15,20,36H,5-8,10H2,1-4H3,(H,28,29)(H,30,38)(H,32,37). The quantitative estimate of drug-likeness (QED) is 0.341. The highest BCUT2D eigenvalue weighted by atomic mass is 16.3. The summed E-state index contributed by atoms with van der Waals surface area (Å²) in [4.78, 5) is 65.4. The van der Waals surface area contributed by atoms with Gasteiger partial charge in [-0.2, -0.15) is 0 Å². The van der Waals surface area contributed by atoms with Crippen LogP contribution in [-0.2, 0) is 17.9 Å². The lowest BCUT2D eigenvalue weighted by molar-refractivity contribution is -0.124. The van der Waals surface area contributed by atoms with Gasteiger partial charge in [-0.15, -0.1) is 0 Å². The average Bonchev–Trinajstić information content (AvgIpc) is 3.66. The number of rotatable bonds is 8. The first kappa shape index (κ1) is 26.4. The van der Waals surface area contributed by atoms with E-state index >= 15 is 0 Å². The van der Waals surface area contributed by atoms with Crippen molar-refractivity contribution in [2.24, 2.45) is 5.92 Å². The number of aromatic nitrogens is 4. The van der Waals surface area contributed by atoms with Crippen molar-refractivity contribution < 1.29 is 19.5 Å². The predicted octanol–water partition coefficient (Wildman–Crippen LogP) is 1.64. The maximum absolute atomic E-state index is 13.2. The van der Waals surface area contributed by atoms with Crippen LogP contribution in [0.4, 0.5) is 0 Å². The summed E-state index contributed by atoms with van der Waals surface area (Å²) in [7, 11) is 0. The first-order chi connectivity index (χ1) is 18.6. The molecule has 12 nitrogen and oxygen atoms in total. The molecule has 206 valence electrons. The van der Waals surface area contributed by atoms with Gasteiger partial charge in [-0.25, -0.2) is 9.97 Å². The van der Waals surface area contributed by atoms with Crippen molar-refractivity contribution in [3.63, 3.8) is 0 Å². The second-order valence-corrected chi connectivity index (χ2v) is 10.8. The molecule has 1 aliphatic carbocycles. The number of nitrogens with one attached hydrogen (secondary N) is 3. The molecule has 1 saturated carbocycles. The Morgan fingerprint density at radius 3 is 2.59 bits per heavy atom. The molecule has 1 fully saturated rings. The number of pyridine rings is 1. The fourth-order valence-electron chi connectivity index (χ4n) is 4.94. The van der Waals surface area contributed by atoms with E-state index in [4.69, 9.17) is 0 Å². The molecule has 0 radical (unpaired) electrons. The molecular weight excluding hydrogens is 502 g/mol. The number of amides is 3. The van der Waals surface area contributed by atoms with Crippen molar-refractivity contribution in [3.05, 3.63) is 51.3 Å². The summed E-state index contributed by atoms with van der Waals surface area (Å²) in [6.07, 6.45) is 5.38. The van der Waals surface area contributed by atoms with Gasteiger partial charge in [0, 0.05) is 43.0 Å². The van der Waals surface area contributed by atoms with Crippen LogP contribution in [0.5, 0.6) is 5.75 Å². The van der Waals surface area contributed by atoms with E-state index in [0.29, 0.717) is 41.4 Å². The molecule has 39 heavy (non-hydrogen) atoms. The van der Waals surface area contributed by atoms with Gasteiger partial charge in [-0.05, 0) is 32.6 Å². The molecule has 0 saturated heterocycles. The van der Waals surface area contributed by atoms with Crippen molar-refractivity contribution in [1.82, 2.24) is 35.1 Å². The smallest absolute Gasteiger partial charge is 0.274 e. The monoisotopic (exact) mass is 535 g/mol. The molecule has 5 rings (SSSR count). The minimum absolute atomic E-state index is 0.0568. The molecule has 1 aliphatic heterocycles. The van der Waals surface area contributed by atoms with Gasteiger partial charge >= 0.3 is 0 Å². The molecule has 4 N–H and O–H groups in total. The van der Waals surface area contributed by atoms with Crippen molar-refractivity contribution in [2.75, 3.05) is 6.54 Å². The van der Waals surface area contributed by atoms with Gasteiger partial charge in [0.05, 0.1) is 24.0 Å². The summed E-state index contributed by atoms with van der Waals surface area (Å²) in [5.74, 6) is -1.79. The third-order valence-electron chi connectivity index (χ3n) is 7.34. The molecule has 3 amide bonds. The van der Waals surface area contributed by atoms with Crippen molar-refractivity contribution in [2.45, 2.75) is 71.6 Å². The molecule has 2 aliphatic rings. The third-order valence-corrected chi connectivity index (χ3v) is 7.34. The van der Waals surface area contributed by atoms with E-state index in [1.807, 2.05) is 27.7 Å². The first-order valence-corrected chi connectivity index (χ1v) is 13.3. The van der Waals surface area contributed by atoms with Crippen LogP contribution in [0, 0.1) is 5.92 Å². The van der Waals surface area contributed by atoms with E-state index in [1.165, 1.54) is 6.07 Å². The van der Waals surface area contributed by atoms with Gasteiger partial charge in [0.15, 0.2) is 17.1 Å². The largest absolute Gasteiger partial charge is 0.503 e. The lowest BCUT2D eigenvalue weighted by atomic mass is 10.0. The van der Waals surface area contributed by atoms with E-state index < -0.39 is 34.9 Å². The minimum Gasteiger partial charge on any atom is -0.503 e. The fraction of sp³-hybridized carbons (Fsp3) is 0.481. The summed E-state index contributed by atoms with van der Waals surface area (Å²) in [5.41, 5.74) is 1.77. The minimum atomic E-state index is -0.871. The van der Waals surface area contributed by atoms with Crippen LogP contribution >= 0.6 is 0 Å². The Hall–Kier alpha value is -4.22. The number of hydrogen-bond acceptors (Lipinski definition) is 7. The van der Waals surface area contributed by atoms with Gasteiger partial charge in [0.25, 0.3) is 11.8 Å². The van der Waals surface area contributed by atoms with Gasteiger partial charge in [0.1, 0.15) is 11.6 Å². The number of aromatic amines is 1. The molecule has 3 aromatic heterocycles. The summed E-state index contributed by atoms with van der Waals surface area (Å²) in [6.45, 7) is 8.08. The van der Waals surface area contributed by atoms with Crippen LogP contribution in [0.2, 0.25) is 0 Å². The van der Waals surface area contributed by atoms with Gasteiger partial charge in [0.2, 0.25) is 11.3 Å². The summed E-state index contributed by atoms with van der Waals surface area (Å²) in [5, 5.41) is 16.0. The zero-order valence-electron chi connectivity index (χ0n) is 22.4. The fourth-order valence-corrected chi connectivity index (χ4v) is 4.94.